The van der Waals surface area contributed by atoms with Crippen LogP contribution in [0.3, 0.4) is 0 Å². The van der Waals surface area contributed by atoms with Gasteiger partial charge in [0.05, 0.1) is 12.5 Å². The predicted molar refractivity (Wildman–Crippen MR) is 81.0 cm³/mol. The fourth-order valence-corrected chi connectivity index (χ4v) is 2.35. The lowest BCUT2D eigenvalue weighted by Gasteiger charge is -1.99. The maximum atomic E-state index is 12.0. The van der Waals surface area contributed by atoms with Crippen molar-refractivity contribution in [1.29, 1.82) is 0 Å². The summed E-state index contributed by atoms with van der Waals surface area (Å²) in [4.78, 5) is 16.5. The molecule has 0 unspecified atom stereocenters. The van der Waals surface area contributed by atoms with E-state index in [4.69, 9.17) is 9.15 Å². The standard InChI is InChI=1S/C16H11N3O3/c1-21-11-8-6-10(7-9-11)14-17-15-12-4-2-3-5-13(12)22-16(20)19(15)18-14/h2-9H,1H3. The monoisotopic (exact) mass is 293 g/mol. The quantitative estimate of drug-likeness (QED) is 0.568. The lowest BCUT2D eigenvalue weighted by atomic mass is 10.2. The Labute approximate surface area is 124 Å². The molecule has 0 aliphatic heterocycles. The van der Waals surface area contributed by atoms with E-state index < -0.39 is 5.76 Å². The van der Waals surface area contributed by atoms with Crippen LogP contribution >= 0.6 is 0 Å². The molecule has 22 heavy (non-hydrogen) atoms. The number of hydrogen-bond acceptors (Lipinski definition) is 5. The average Bonchev–Trinajstić information content (AvgIpc) is 3.01. The maximum Gasteiger partial charge on any atom is 0.442 e. The molecule has 0 amide bonds. The van der Waals surface area contributed by atoms with Crippen molar-refractivity contribution in [3.05, 3.63) is 59.1 Å². The van der Waals surface area contributed by atoms with Crippen LogP contribution < -0.4 is 10.5 Å². The Hall–Kier alpha value is -3.15. The number of ether oxygens (including phenoxy) is 1. The number of para-hydroxylation sites is 1. The topological polar surface area (TPSA) is 69.6 Å². The smallest absolute Gasteiger partial charge is 0.442 e. The van der Waals surface area contributed by atoms with Gasteiger partial charge in [0.15, 0.2) is 11.5 Å². The van der Waals surface area contributed by atoms with E-state index in [9.17, 15) is 4.79 Å². The van der Waals surface area contributed by atoms with Crippen molar-refractivity contribution in [2.45, 2.75) is 0 Å². The van der Waals surface area contributed by atoms with Crippen LogP contribution in [0.1, 0.15) is 0 Å². The van der Waals surface area contributed by atoms with Gasteiger partial charge in [-0.3, -0.25) is 0 Å². The van der Waals surface area contributed by atoms with Crippen LogP contribution in [-0.2, 0) is 0 Å². The normalized spacial score (nSPS) is 11.1. The molecule has 2 aromatic carbocycles. The van der Waals surface area contributed by atoms with Gasteiger partial charge in [0.2, 0.25) is 0 Å². The van der Waals surface area contributed by atoms with Crippen molar-refractivity contribution in [3.8, 4) is 17.1 Å². The molecular formula is C16H11N3O3. The SMILES string of the molecule is COc1ccc(-c2nc3c4ccccc4oc(=O)n3n2)cc1. The third kappa shape index (κ3) is 1.85. The zero-order valence-electron chi connectivity index (χ0n) is 11.7. The van der Waals surface area contributed by atoms with Crippen LogP contribution in [0.25, 0.3) is 28.0 Å². The van der Waals surface area contributed by atoms with Gasteiger partial charge in [-0.1, -0.05) is 12.1 Å². The van der Waals surface area contributed by atoms with Crippen LogP contribution in [0.2, 0.25) is 0 Å². The molecule has 0 aliphatic rings. The fourth-order valence-electron chi connectivity index (χ4n) is 2.35. The van der Waals surface area contributed by atoms with Crippen LogP contribution in [0.4, 0.5) is 0 Å². The molecule has 2 heterocycles. The first-order valence-corrected chi connectivity index (χ1v) is 6.69. The third-order valence-electron chi connectivity index (χ3n) is 3.45. The summed E-state index contributed by atoms with van der Waals surface area (Å²) in [6.45, 7) is 0. The summed E-state index contributed by atoms with van der Waals surface area (Å²) in [5.41, 5.74) is 1.78. The molecule has 0 saturated heterocycles. The second kappa shape index (κ2) is 4.70. The van der Waals surface area contributed by atoms with Crippen LogP contribution in [-0.4, -0.2) is 21.7 Å². The van der Waals surface area contributed by atoms with E-state index in [2.05, 4.69) is 10.1 Å². The summed E-state index contributed by atoms with van der Waals surface area (Å²) >= 11 is 0. The lowest BCUT2D eigenvalue weighted by molar-refractivity contribution is 0.415. The van der Waals surface area contributed by atoms with Gasteiger partial charge in [0.25, 0.3) is 0 Å². The zero-order valence-corrected chi connectivity index (χ0v) is 11.7. The highest BCUT2D eigenvalue weighted by molar-refractivity contribution is 5.90. The summed E-state index contributed by atoms with van der Waals surface area (Å²) < 4.78 is 11.6. The van der Waals surface area contributed by atoms with Crippen LogP contribution in [0, 0.1) is 0 Å². The van der Waals surface area contributed by atoms with Gasteiger partial charge in [0, 0.05) is 5.56 Å². The third-order valence-corrected chi connectivity index (χ3v) is 3.45. The Bertz CT molecular complexity index is 1030. The Morgan fingerprint density at radius 3 is 2.64 bits per heavy atom. The van der Waals surface area contributed by atoms with Gasteiger partial charge in [0.1, 0.15) is 11.3 Å². The van der Waals surface area contributed by atoms with Crippen molar-refractivity contribution >= 4 is 16.6 Å². The molecule has 0 bridgehead atoms. The molecule has 0 radical (unpaired) electrons. The number of nitrogens with zero attached hydrogens (tertiary/aromatic N) is 3. The minimum Gasteiger partial charge on any atom is -0.497 e. The molecule has 0 aliphatic carbocycles. The molecule has 0 atom stereocenters. The molecule has 6 nitrogen and oxygen atoms in total. The van der Waals surface area contributed by atoms with Crippen molar-refractivity contribution in [1.82, 2.24) is 14.6 Å². The molecule has 0 saturated carbocycles. The van der Waals surface area contributed by atoms with E-state index >= 15 is 0 Å². The molecule has 6 heteroatoms. The number of methoxy groups -OCH3 is 1. The zero-order chi connectivity index (χ0) is 15.1. The highest BCUT2D eigenvalue weighted by atomic mass is 16.5. The van der Waals surface area contributed by atoms with E-state index in [-0.39, 0.29) is 0 Å². The summed E-state index contributed by atoms with van der Waals surface area (Å²) in [7, 11) is 1.61. The predicted octanol–water partition coefficient (Wildman–Crippen LogP) is 2.51. The number of hydrogen-bond donors (Lipinski definition) is 0. The van der Waals surface area contributed by atoms with Crippen molar-refractivity contribution in [2.75, 3.05) is 7.11 Å². The number of benzene rings is 2. The van der Waals surface area contributed by atoms with Crippen molar-refractivity contribution in [3.63, 3.8) is 0 Å². The minimum absolute atomic E-state index is 0.464. The first kappa shape index (κ1) is 12.6. The van der Waals surface area contributed by atoms with Crippen molar-refractivity contribution < 1.29 is 9.15 Å². The number of aromatic nitrogens is 3. The molecule has 4 aromatic rings. The largest absolute Gasteiger partial charge is 0.497 e. The van der Waals surface area contributed by atoms with Gasteiger partial charge in [-0.15, -0.1) is 9.61 Å². The molecular weight excluding hydrogens is 282 g/mol. The van der Waals surface area contributed by atoms with Crippen LogP contribution in [0.5, 0.6) is 5.75 Å². The summed E-state index contributed by atoms with van der Waals surface area (Å²) in [5.74, 6) is 0.657. The second-order valence-corrected chi connectivity index (χ2v) is 4.76. The maximum absolute atomic E-state index is 12.0. The number of fused-ring (bicyclic) bond motifs is 3. The first-order valence-electron chi connectivity index (χ1n) is 6.69. The lowest BCUT2D eigenvalue weighted by Crippen LogP contribution is -2.12. The summed E-state index contributed by atoms with van der Waals surface area (Å²) in [6.07, 6.45) is 0. The van der Waals surface area contributed by atoms with Crippen molar-refractivity contribution in [2.24, 2.45) is 0 Å². The molecule has 4 rings (SSSR count). The molecule has 0 N–H and O–H groups in total. The van der Waals surface area contributed by atoms with Gasteiger partial charge in [-0.25, -0.2) is 9.78 Å². The molecule has 108 valence electrons. The first-order chi connectivity index (χ1) is 10.8. The molecule has 0 spiro atoms. The minimum atomic E-state index is -0.555. The van der Waals surface area contributed by atoms with E-state index in [1.54, 1.807) is 13.2 Å². The average molecular weight is 293 g/mol. The van der Waals surface area contributed by atoms with Gasteiger partial charge in [-0.2, -0.15) is 0 Å². The van der Waals surface area contributed by atoms with E-state index in [1.807, 2.05) is 42.5 Å². The molecule has 2 aromatic heterocycles. The number of rotatable bonds is 2. The Morgan fingerprint density at radius 1 is 1.09 bits per heavy atom. The van der Waals surface area contributed by atoms with Gasteiger partial charge < -0.3 is 9.15 Å². The fraction of sp³-hybridized carbons (Fsp3) is 0.0625. The second-order valence-electron chi connectivity index (χ2n) is 4.76. The Kier molecular flexibility index (Phi) is 2.69. The molecule has 0 fully saturated rings. The van der Waals surface area contributed by atoms with Crippen LogP contribution in [0.15, 0.2) is 57.7 Å². The highest BCUT2D eigenvalue weighted by Crippen LogP contribution is 2.22. The van der Waals surface area contributed by atoms with E-state index in [0.29, 0.717) is 17.1 Å². The van der Waals surface area contributed by atoms with E-state index in [1.165, 1.54) is 4.52 Å². The Morgan fingerprint density at radius 2 is 1.86 bits per heavy atom. The van der Waals surface area contributed by atoms with E-state index in [0.717, 1.165) is 16.7 Å². The summed E-state index contributed by atoms with van der Waals surface area (Å²) in [5, 5.41) is 4.99. The summed E-state index contributed by atoms with van der Waals surface area (Å²) in [6, 6.07) is 14.6. The van der Waals surface area contributed by atoms with Gasteiger partial charge in [-0.05, 0) is 36.4 Å². The van der Waals surface area contributed by atoms with Gasteiger partial charge >= 0.3 is 5.76 Å². The Balaban J connectivity index is 1.98. The highest BCUT2D eigenvalue weighted by Gasteiger charge is 2.13.